The Morgan fingerprint density at radius 3 is 2.57 bits per heavy atom. The second-order valence-corrected chi connectivity index (χ2v) is 5.12. The van der Waals surface area contributed by atoms with Gasteiger partial charge in [0.25, 0.3) is 0 Å². The molecule has 4 nitrogen and oxygen atoms in total. The molecule has 0 amide bonds. The van der Waals surface area contributed by atoms with Gasteiger partial charge in [0.05, 0.1) is 13.2 Å². The van der Waals surface area contributed by atoms with Crippen molar-refractivity contribution in [1.29, 1.82) is 0 Å². The van der Waals surface area contributed by atoms with Crippen molar-refractivity contribution in [3.05, 3.63) is 59.1 Å². The molecule has 2 aromatic rings. The molecule has 1 unspecified atom stereocenters. The molecule has 0 saturated heterocycles. The molecular weight excluding hydrogens is 288 g/mol. The molecule has 0 heterocycles. The number of hydrogen-bond donors (Lipinski definition) is 2. The Kier molecular flexibility index (Phi) is 5.87. The largest absolute Gasteiger partial charge is 0.497 e. The first-order chi connectivity index (χ1) is 10.2. The third-order valence-electron chi connectivity index (χ3n) is 3.12. The van der Waals surface area contributed by atoms with E-state index in [1.54, 1.807) is 19.2 Å². The predicted molar refractivity (Wildman–Crippen MR) is 84.8 cm³/mol. The van der Waals surface area contributed by atoms with E-state index in [2.05, 4.69) is 5.43 Å². The SMILES string of the molecule is COc1cccc(CC(COc2ccc(Cl)cc2)NN)c1. The molecule has 0 spiro atoms. The number of nitrogens with one attached hydrogen (secondary N) is 1. The zero-order valence-electron chi connectivity index (χ0n) is 11.9. The maximum Gasteiger partial charge on any atom is 0.119 e. The Morgan fingerprint density at radius 2 is 1.90 bits per heavy atom. The molecule has 5 heteroatoms. The number of methoxy groups -OCH3 is 1. The van der Waals surface area contributed by atoms with Crippen LogP contribution in [0.3, 0.4) is 0 Å². The first-order valence-corrected chi connectivity index (χ1v) is 7.06. The van der Waals surface area contributed by atoms with Gasteiger partial charge in [-0.2, -0.15) is 0 Å². The van der Waals surface area contributed by atoms with E-state index in [-0.39, 0.29) is 6.04 Å². The number of halogens is 1. The molecule has 0 aliphatic heterocycles. The fraction of sp³-hybridized carbons (Fsp3) is 0.250. The minimum atomic E-state index is 0.00721. The van der Waals surface area contributed by atoms with Gasteiger partial charge in [0, 0.05) is 5.02 Å². The van der Waals surface area contributed by atoms with Gasteiger partial charge in [-0.3, -0.25) is 11.3 Å². The van der Waals surface area contributed by atoms with E-state index in [0.717, 1.165) is 23.5 Å². The summed E-state index contributed by atoms with van der Waals surface area (Å²) in [4.78, 5) is 0. The summed E-state index contributed by atoms with van der Waals surface area (Å²) in [6, 6.07) is 15.2. The van der Waals surface area contributed by atoms with Crippen molar-refractivity contribution < 1.29 is 9.47 Å². The highest BCUT2D eigenvalue weighted by Crippen LogP contribution is 2.17. The summed E-state index contributed by atoms with van der Waals surface area (Å²) in [6.45, 7) is 0.468. The molecule has 21 heavy (non-hydrogen) atoms. The van der Waals surface area contributed by atoms with Crippen molar-refractivity contribution in [2.45, 2.75) is 12.5 Å². The summed E-state index contributed by atoms with van der Waals surface area (Å²) in [5.41, 5.74) is 3.91. The molecule has 0 aliphatic carbocycles. The van der Waals surface area contributed by atoms with Crippen LogP contribution in [0.5, 0.6) is 11.5 Å². The molecule has 0 bridgehead atoms. The third-order valence-corrected chi connectivity index (χ3v) is 3.37. The van der Waals surface area contributed by atoms with Gasteiger partial charge < -0.3 is 9.47 Å². The Labute approximate surface area is 129 Å². The first-order valence-electron chi connectivity index (χ1n) is 6.68. The highest BCUT2D eigenvalue weighted by atomic mass is 35.5. The average Bonchev–Trinajstić information content (AvgIpc) is 2.53. The molecule has 0 aliphatic rings. The molecule has 112 valence electrons. The van der Waals surface area contributed by atoms with Crippen LogP contribution < -0.4 is 20.7 Å². The van der Waals surface area contributed by atoms with Crippen molar-refractivity contribution in [2.75, 3.05) is 13.7 Å². The standard InChI is InChI=1S/C16H19ClN2O2/c1-20-16-4-2-3-12(10-16)9-14(19-18)11-21-15-7-5-13(17)6-8-15/h2-8,10,14,19H,9,11,18H2,1H3. The van der Waals surface area contributed by atoms with E-state index in [9.17, 15) is 0 Å². The van der Waals surface area contributed by atoms with Crippen molar-refractivity contribution in [3.8, 4) is 11.5 Å². The van der Waals surface area contributed by atoms with Crippen molar-refractivity contribution in [3.63, 3.8) is 0 Å². The molecule has 1 atom stereocenters. The lowest BCUT2D eigenvalue weighted by molar-refractivity contribution is 0.264. The zero-order chi connectivity index (χ0) is 15.1. The number of rotatable bonds is 7. The Balaban J connectivity index is 1.91. The van der Waals surface area contributed by atoms with Crippen LogP contribution in [0.2, 0.25) is 5.02 Å². The maximum atomic E-state index is 5.84. The van der Waals surface area contributed by atoms with Crippen LogP contribution in [0.1, 0.15) is 5.56 Å². The van der Waals surface area contributed by atoms with Crippen LogP contribution in [0.25, 0.3) is 0 Å². The van der Waals surface area contributed by atoms with Gasteiger partial charge in [0.1, 0.15) is 18.1 Å². The Morgan fingerprint density at radius 1 is 1.14 bits per heavy atom. The molecule has 2 rings (SSSR count). The van der Waals surface area contributed by atoms with E-state index in [1.807, 2.05) is 36.4 Å². The monoisotopic (exact) mass is 306 g/mol. The van der Waals surface area contributed by atoms with E-state index < -0.39 is 0 Å². The van der Waals surface area contributed by atoms with Gasteiger partial charge in [-0.05, 0) is 48.4 Å². The zero-order valence-corrected chi connectivity index (χ0v) is 12.6. The summed E-state index contributed by atoms with van der Waals surface area (Å²) in [5.74, 6) is 7.20. The molecule has 0 aromatic heterocycles. The van der Waals surface area contributed by atoms with E-state index in [1.165, 1.54) is 0 Å². The molecule has 2 aromatic carbocycles. The molecule has 0 saturated carbocycles. The summed E-state index contributed by atoms with van der Waals surface area (Å²) in [5, 5.41) is 0.687. The molecular formula is C16H19ClN2O2. The molecule has 0 radical (unpaired) electrons. The van der Waals surface area contributed by atoms with E-state index in [0.29, 0.717) is 11.6 Å². The lowest BCUT2D eigenvalue weighted by Gasteiger charge is -2.17. The van der Waals surface area contributed by atoms with Crippen LogP contribution in [0.4, 0.5) is 0 Å². The number of nitrogens with two attached hydrogens (primary N) is 1. The smallest absolute Gasteiger partial charge is 0.119 e. The second-order valence-electron chi connectivity index (χ2n) is 4.68. The molecule has 3 N–H and O–H groups in total. The van der Waals surface area contributed by atoms with Crippen molar-refractivity contribution in [2.24, 2.45) is 5.84 Å². The Bertz CT molecular complexity index is 560. The lowest BCUT2D eigenvalue weighted by Crippen LogP contribution is -2.41. The van der Waals surface area contributed by atoms with E-state index >= 15 is 0 Å². The fourth-order valence-electron chi connectivity index (χ4n) is 1.98. The van der Waals surface area contributed by atoms with Crippen molar-refractivity contribution >= 4 is 11.6 Å². The molecule has 0 fully saturated rings. The minimum Gasteiger partial charge on any atom is -0.497 e. The lowest BCUT2D eigenvalue weighted by atomic mass is 10.1. The summed E-state index contributed by atoms with van der Waals surface area (Å²) < 4.78 is 10.9. The predicted octanol–water partition coefficient (Wildman–Crippen LogP) is 2.80. The third kappa shape index (κ3) is 4.93. The van der Waals surface area contributed by atoms with Gasteiger partial charge in [-0.15, -0.1) is 0 Å². The summed E-state index contributed by atoms with van der Waals surface area (Å²) in [7, 11) is 1.65. The number of hydrazine groups is 1. The van der Waals surface area contributed by atoms with E-state index in [4.69, 9.17) is 26.9 Å². The van der Waals surface area contributed by atoms with Gasteiger partial charge in [0.15, 0.2) is 0 Å². The summed E-state index contributed by atoms with van der Waals surface area (Å²) in [6.07, 6.45) is 0.751. The highest BCUT2D eigenvalue weighted by molar-refractivity contribution is 6.30. The van der Waals surface area contributed by atoms with Crippen molar-refractivity contribution in [1.82, 2.24) is 5.43 Å². The second kappa shape index (κ2) is 7.88. The number of hydrogen-bond acceptors (Lipinski definition) is 4. The van der Waals surface area contributed by atoms with Crippen LogP contribution >= 0.6 is 11.6 Å². The topological polar surface area (TPSA) is 56.5 Å². The Hall–Kier alpha value is -1.75. The van der Waals surface area contributed by atoms with Crippen LogP contribution in [-0.4, -0.2) is 19.8 Å². The summed E-state index contributed by atoms with van der Waals surface area (Å²) >= 11 is 5.84. The number of ether oxygens (including phenoxy) is 2. The van der Waals surface area contributed by atoms with Gasteiger partial charge in [-0.1, -0.05) is 23.7 Å². The van der Waals surface area contributed by atoms with Crippen LogP contribution in [0.15, 0.2) is 48.5 Å². The van der Waals surface area contributed by atoms with Crippen LogP contribution in [0, 0.1) is 0 Å². The fourth-order valence-corrected chi connectivity index (χ4v) is 2.10. The first kappa shape index (κ1) is 15.6. The minimum absolute atomic E-state index is 0.00721. The van der Waals surface area contributed by atoms with Gasteiger partial charge in [-0.25, -0.2) is 0 Å². The number of benzene rings is 2. The van der Waals surface area contributed by atoms with Crippen LogP contribution in [-0.2, 0) is 6.42 Å². The van der Waals surface area contributed by atoms with Gasteiger partial charge in [0.2, 0.25) is 0 Å². The van der Waals surface area contributed by atoms with Gasteiger partial charge >= 0.3 is 0 Å². The highest BCUT2D eigenvalue weighted by Gasteiger charge is 2.09. The average molecular weight is 307 g/mol. The quantitative estimate of drug-likeness (QED) is 0.610. The maximum absolute atomic E-state index is 5.84. The normalized spacial score (nSPS) is 12.0.